The van der Waals surface area contributed by atoms with Gasteiger partial charge in [0, 0.05) is 12.2 Å². The maximum atomic E-state index is 12.1. The van der Waals surface area contributed by atoms with Gasteiger partial charge in [0.05, 0.1) is 19.1 Å². The van der Waals surface area contributed by atoms with Gasteiger partial charge < -0.3 is 14.8 Å². The quantitative estimate of drug-likeness (QED) is 0.834. The van der Waals surface area contributed by atoms with Crippen molar-refractivity contribution in [1.82, 2.24) is 0 Å². The van der Waals surface area contributed by atoms with Gasteiger partial charge in [-0.15, -0.1) is 0 Å². The van der Waals surface area contributed by atoms with Gasteiger partial charge in [-0.05, 0) is 42.3 Å². The van der Waals surface area contributed by atoms with E-state index in [1.165, 1.54) is 17.7 Å². The SMILES string of the molecule is COc1ccccc1OCC(=O)Nc1ccc2c(c1)CCN2S(C)(=O)=O. The van der Waals surface area contributed by atoms with Crippen molar-refractivity contribution in [2.75, 3.05) is 36.1 Å². The number of benzene rings is 2. The third-order valence-electron chi connectivity index (χ3n) is 4.04. The number of hydrogen-bond acceptors (Lipinski definition) is 5. The Morgan fingerprint density at radius 3 is 2.62 bits per heavy atom. The van der Waals surface area contributed by atoms with Crippen LogP contribution in [0.3, 0.4) is 0 Å². The van der Waals surface area contributed by atoms with Gasteiger partial charge in [-0.2, -0.15) is 0 Å². The van der Waals surface area contributed by atoms with Crippen molar-refractivity contribution in [3.63, 3.8) is 0 Å². The van der Waals surface area contributed by atoms with E-state index in [-0.39, 0.29) is 12.5 Å². The van der Waals surface area contributed by atoms with E-state index >= 15 is 0 Å². The number of carbonyl (C=O) groups excluding carboxylic acids is 1. The van der Waals surface area contributed by atoms with Crippen LogP contribution in [-0.4, -0.2) is 40.8 Å². The summed E-state index contributed by atoms with van der Waals surface area (Å²) in [5.41, 5.74) is 2.15. The van der Waals surface area contributed by atoms with Crippen LogP contribution in [0.5, 0.6) is 11.5 Å². The monoisotopic (exact) mass is 376 g/mol. The van der Waals surface area contributed by atoms with Gasteiger partial charge >= 0.3 is 0 Å². The van der Waals surface area contributed by atoms with Crippen molar-refractivity contribution in [3.05, 3.63) is 48.0 Å². The molecule has 0 saturated heterocycles. The van der Waals surface area contributed by atoms with Crippen LogP contribution in [-0.2, 0) is 21.2 Å². The normalized spacial score (nSPS) is 13.2. The highest BCUT2D eigenvalue weighted by molar-refractivity contribution is 7.92. The summed E-state index contributed by atoms with van der Waals surface area (Å²) in [6.07, 6.45) is 1.80. The molecule has 1 aliphatic rings. The van der Waals surface area contributed by atoms with Crippen molar-refractivity contribution in [2.24, 2.45) is 0 Å². The Labute approximate surface area is 152 Å². The van der Waals surface area contributed by atoms with E-state index in [0.717, 1.165) is 5.56 Å². The molecule has 1 amide bonds. The number of fused-ring (bicyclic) bond motifs is 1. The maximum Gasteiger partial charge on any atom is 0.262 e. The van der Waals surface area contributed by atoms with Gasteiger partial charge in [-0.1, -0.05) is 12.1 Å². The molecule has 0 atom stereocenters. The van der Waals surface area contributed by atoms with E-state index in [1.807, 2.05) is 6.07 Å². The van der Waals surface area contributed by atoms with Gasteiger partial charge in [0.2, 0.25) is 10.0 Å². The number of ether oxygens (including phenoxy) is 2. The third-order valence-corrected chi connectivity index (χ3v) is 5.22. The number of hydrogen-bond donors (Lipinski definition) is 1. The zero-order valence-electron chi connectivity index (χ0n) is 14.6. The van der Waals surface area contributed by atoms with E-state index in [0.29, 0.717) is 35.8 Å². The molecule has 138 valence electrons. The average molecular weight is 376 g/mol. The Hall–Kier alpha value is -2.74. The Morgan fingerprint density at radius 1 is 1.19 bits per heavy atom. The molecule has 1 N–H and O–H groups in total. The van der Waals surface area contributed by atoms with Crippen LogP contribution < -0.4 is 19.1 Å². The van der Waals surface area contributed by atoms with Crippen molar-refractivity contribution in [1.29, 1.82) is 0 Å². The first kappa shape index (κ1) is 18.1. The molecular formula is C18H20N2O5S. The van der Waals surface area contributed by atoms with E-state index in [9.17, 15) is 13.2 Å². The lowest BCUT2D eigenvalue weighted by atomic mass is 10.1. The number of carbonyl (C=O) groups is 1. The average Bonchev–Trinajstić information content (AvgIpc) is 3.03. The highest BCUT2D eigenvalue weighted by atomic mass is 32.2. The molecule has 0 unspecified atom stereocenters. The van der Waals surface area contributed by atoms with E-state index in [4.69, 9.17) is 9.47 Å². The Bertz CT molecular complexity index is 927. The predicted molar refractivity (Wildman–Crippen MR) is 99.5 cm³/mol. The second-order valence-corrected chi connectivity index (χ2v) is 7.82. The molecule has 0 bridgehead atoms. The predicted octanol–water partition coefficient (Wildman–Crippen LogP) is 2.03. The number of sulfonamides is 1. The number of para-hydroxylation sites is 2. The molecule has 0 saturated carbocycles. The molecule has 1 heterocycles. The van der Waals surface area contributed by atoms with Crippen molar-refractivity contribution >= 4 is 27.3 Å². The first-order valence-electron chi connectivity index (χ1n) is 8.05. The fraction of sp³-hybridized carbons (Fsp3) is 0.278. The van der Waals surface area contributed by atoms with Crippen molar-refractivity contribution < 1.29 is 22.7 Å². The second-order valence-electron chi connectivity index (χ2n) is 5.92. The number of nitrogens with one attached hydrogen (secondary N) is 1. The molecule has 2 aromatic carbocycles. The van der Waals surface area contributed by atoms with Gasteiger partial charge in [0.15, 0.2) is 18.1 Å². The van der Waals surface area contributed by atoms with Crippen molar-refractivity contribution in [2.45, 2.75) is 6.42 Å². The fourth-order valence-electron chi connectivity index (χ4n) is 2.87. The molecule has 0 spiro atoms. The lowest BCUT2D eigenvalue weighted by Crippen LogP contribution is -2.27. The first-order valence-corrected chi connectivity index (χ1v) is 9.89. The zero-order valence-corrected chi connectivity index (χ0v) is 15.4. The lowest BCUT2D eigenvalue weighted by Gasteiger charge is -2.16. The number of anilines is 2. The van der Waals surface area contributed by atoms with E-state index in [1.54, 1.807) is 36.4 Å². The van der Waals surface area contributed by atoms with E-state index in [2.05, 4.69) is 5.32 Å². The molecule has 2 aromatic rings. The minimum absolute atomic E-state index is 0.160. The van der Waals surface area contributed by atoms with E-state index < -0.39 is 10.0 Å². The molecule has 3 rings (SSSR count). The zero-order chi connectivity index (χ0) is 18.7. The molecule has 0 aliphatic carbocycles. The van der Waals surface area contributed by atoms with Crippen LogP contribution in [0.15, 0.2) is 42.5 Å². The summed E-state index contributed by atoms with van der Waals surface area (Å²) in [5, 5.41) is 2.76. The number of nitrogens with zero attached hydrogens (tertiary/aromatic N) is 1. The summed E-state index contributed by atoms with van der Waals surface area (Å²) in [6.45, 7) is 0.259. The second kappa shape index (κ2) is 7.25. The first-order chi connectivity index (χ1) is 12.4. The third kappa shape index (κ3) is 3.91. The molecule has 8 heteroatoms. The van der Waals surface area contributed by atoms with Crippen LogP contribution in [0.4, 0.5) is 11.4 Å². The number of rotatable bonds is 6. The Morgan fingerprint density at radius 2 is 1.92 bits per heavy atom. The Balaban J connectivity index is 1.64. The molecule has 1 aliphatic heterocycles. The molecule has 7 nitrogen and oxygen atoms in total. The fourth-order valence-corrected chi connectivity index (χ4v) is 3.83. The summed E-state index contributed by atoms with van der Waals surface area (Å²) in [7, 11) is -1.75. The van der Waals surface area contributed by atoms with Crippen LogP contribution >= 0.6 is 0 Å². The summed E-state index contributed by atoms with van der Waals surface area (Å²) in [4.78, 5) is 12.1. The molecule has 0 fully saturated rings. The van der Waals surface area contributed by atoms with Crippen LogP contribution in [0, 0.1) is 0 Å². The molecule has 26 heavy (non-hydrogen) atoms. The minimum atomic E-state index is -3.28. The molecule has 0 aromatic heterocycles. The van der Waals surface area contributed by atoms with Crippen molar-refractivity contribution in [3.8, 4) is 11.5 Å². The summed E-state index contributed by atoms with van der Waals surface area (Å²) in [6, 6.07) is 12.3. The Kier molecular flexibility index (Phi) is 5.03. The topological polar surface area (TPSA) is 84.9 Å². The summed E-state index contributed by atoms with van der Waals surface area (Å²) in [5.74, 6) is 0.732. The highest BCUT2D eigenvalue weighted by Gasteiger charge is 2.26. The van der Waals surface area contributed by atoms with Gasteiger partial charge in [-0.3, -0.25) is 9.10 Å². The summed E-state index contributed by atoms with van der Waals surface area (Å²) < 4.78 is 35.6. The van der Waals surface area contributed by atoms with Gasteiger partial charge in [0.1, 0.15) is 0 Å². The van der Waals surface area contributed by atoms with Gasteiger partial charge in [-0.25, -0.2) is 8.42 Å². The summed E-state index contributed by atoms with van der Waals surface area (Å²) >= 11 is 0. The molecular weight excluding hydrogens is 356 g/mol. The number of methoxy groups -OCH3 is 1. The molecule has 0 radical (unpaired) electrons. The van der Waals surface area contributed by atoms with Crippen LogP contribution in [0.1, 0.15) is 5.56 Å². The largest absolute Gasteiger partial charge is 0.493 e. The van der Waals surface area contributed by atoms with Crippen LogP contribution in [0.2, 0.25) is 0 Å². The highest BCUT2D eigenvalue weighted by Crippen LogP contribution is 2.32. The van der Waals surface area contributed by atoms with Gasteiger partial charge in [0.25, 0.3) is 5.91 Å². The number of amides is 1. The minimum Gasteiger partial charge on any atom is -0.493 e. The smallest absolute Gasteiger partial charge is 0.262 e. The lowest BCUT2D eigenvalue weighted by molar-refractivity contribution is -0.118. The van der Waals surface area contributed by atoms with Crippen LogP contribution in [0.25, 0.3) is 0 Å². The maximum absolute atomic E-state index is 12.1. The standard InChI is InChI=1S/C18H20N2O5S/c1-24-16-5-3-4-6-17(16)25-12-18(21)19-14-7-8-15-13(11-14)9-10-20(15)26(2,22)23/h3-8,11H,9-10,12H2,1-2H3,(H,19,21).